The number of aliphatic imine (C=N–C) groups is 1. The van der Waals surface area contributed by atoms with Gasteiger partial charge in [0.1, 0.15) is 0 Å². The van der Waals surface area contributed by atoms with Gasteiger partial charge in [0.05, 0.1) is 13.2 Å². The Balaban J connectivity index is 4.19. The Morgan fingerprint density at radius 3 is 2.24 bits per heavy atom. The molecule has 0 fully saturated rings. The Morgan fingerprint density at radius 1 is 1.18 bits per heavy atom. The minimum absolute atomic E-state index is 0.0183. The molecule has 0 aromatic carbocycles. The summed E-state index contributed by atoms with van der Waals surface area (Å²) < 4.78 is 45.2. The van der Waals surface area contributed by atoms with Gasteiger partial charge in [-0.2, -0.15) is 13.2 Å². The van der Waals surface area contributed by atoms with Crippen LogP contribution in [0, 0.1) is 0 Å². The van der Waals surface area contributed by atoms with Crippen molar-refractivity contribution in [2.45, 2.75) is 39.3 Å². The topological polar surface area (TPSA) is 47.9 Å². The van der Waals surface area contributed by atoms with Crippen molar-refractivity contribution in [2.24, 2.45) is 4.99 Å². The number of halogens is 3. The maximum absolute atomic E-state index is 11.9. The summed E-state index contributed by atoms with van der Waals surface area (Å²) in [4.78, 5) is 14.4. The molecular weight excluding hydrogens is 239 g/mol. The lowest BCUT2D eigenvalue weighted by Gasteiger charge is -2.08. The van der Waals surface area contributed by atoms with Gasteiger partial charge in [0.15, 0.2) is 5.90 Å². The van der Waals surface area contributed by atoms with Crippen LogP contribution in [-0.4, -0.2) is 31.4 Å². The Bertz CT molecular complexity index is 264. The van der Waals surface area contributed by atoms with Crippen LogP contribution in [0.1, 0.15) is 33.1 Å². The lowest BCUT2D eigenvalue weighted by molar-refractivity contribution is -0.135. The van der Waals surface area contributed by atoms with Crippen molar-refractivity contribution < 1.29 is 27.4 Å². The zero-order valence-electron chi connectivity index (χ0n) is 9.84. The average molecular weight is 255 g/mol. The summed E-state index contributed by atoms with van der Waals surface area (Å²) in [5.41, 5.74) is 0. The lowest BCUT2D eigenvalue weighted by atomic mass is 10.2. The number of hydrogen-bond acceptors (Lipinski definition) is 3. The number of carbonyl (C=O) groups excluding carboxylic acids is 1. The zero-order chi connectivity index (χ0) is 13.3. The largest absolute Gasteiger partial charge is 0.481 e. The second kappa shape index (κ2) is 7.92. The van der Waals surface area contributed by atoms with E-state index in [1.807, 2.05) is 0 Å². The molecule has 0 aromatic rings. The highest BCUT2D eigenvalue weighted by molar-refractivity contribution is 5.87. The summed E-state index contributed by atoms with van der Waals surface area (Å²) in [5.74, 6) is -0.0183. The number of alkyl halides is 3. The van der Waals surface area contributed by atoms with Crippen molar-refractivity contribution >= 4 is 12.0 Å². The molecule has 0 spiro atoms. The molecule has 100 valence electrons. The summed E-state index contributed by atoms with van der Waals surface area (Å²) in [7, 11) is 0. The predicted molar refractivity (Wildman–Crippen MR) is 56.0 cm³/mol. The van der Waals surface area contributed by atoms with E-state index in [0.29, 0.717) is 0 Å². The van der Waals surface area contributed by atoms with Crippen LogP contribution in [0.3, 0.4) is 0 Å². The molecule has 0 rings (SSSR count). The van der Waals surface area contributed by atoms with Gasteiger partial charge >= 0.3 is 12.3 Å². The van der Waals surface area contributed by atoms with Crippen LogP contribution in [0.15, 0.2) is 4.99 Å². The third-order valence-corrected chi connectivity index (χ3v) is 1.65. The SMILES string of the molecule is CCOC(=O)N=C(CCCC(F)(F)F)OCC. The van der Waals surface area contributed by atoms with Gasteiger partial charge in [-0.1, -0.05) is 0 Å². The van der Waals surface area contributed by atoms with E-state index in [9.17, 15) is 18.0 Å². The fourth-order valence-electron chi connectivity index (χ4n) is 1.02. The maximum Gasteiger partial charge on any atom is 0.436 e. The van der Waals surface area contributed by atoms with Crippen LogP contribution in [-0.2, 0) is 9.47 Å². The van der Waals surface area contributed by atoms with E-state index in [1.165, 1.54) is 0 Å². The first kappa shape index (κ1) is 15.7. The van der Waals surface area contributed by atoms with E-state index in [-0.39, 0.29) is 32.0 Å². The summed E-state index contributed by atoms with van der Waals surface area (Å²) >= 11 is 0. The van der Waals surface area contributed by atoms with Gasteiger partial charge in [0, 0.05) is 12.8 Å². The first-order chi connectivity index (χ1) is 7.89. The van der Waals surface area contributed by atoms with Crippen molar-refractivity contribution in [3.8, 4) is 0 Å². The molecule has 4 nitrogen and oxygen atoms in total. The third-order valence-electron chi connectivity index (χ3n) is 1.65. The highest BCUT2D eigenvalue weighted by Gasteiger charge is 2.26. The molecule has 0 bridgehead atoms. The lowest BCUT2D eigenvalue weighted by Crippen LogP contribution is -2.12. The van der Waals surface area contributed by atoms with Gasteiger partial charge < -0.3 is 9.47 Å². The Kier molecular flexibility index (Phi) is 7.32. The van der Waals surface area contributed by atoms with E-state index in [0.717, 1.165) is 0 Å². The fraction of sp³-hybridized carbons (Fsp3) is 0.800. The van der Waals surface area contributed by atoms with Gasteiger partial charge in [-0.05, 0) is 20.3 Å². The van der Waals surface area contributed by atoms with Crippen LogP contribution in [0.2, 0.25) is 0 Å². The molecule has 0 aromatic heterocycles. The molecule has 0 radical (unpaired) electrons. The molecule has 0 aliphatic rings. The monoisotopic (exact) mass is 255 g/mol. The van der Waals surface area contributed by atoms with E-state index >= 15 is 0 Å². The van der Waals surface area contributed by atoms with Crippen molar-refractivity contribution in [2.75, 3.05) is 13.2 Å². The maximum atomic E-state index is 11.9. The average Bonchev–Trinajstić information content (AvgIpc) is 2.16. The van der Waals surface area contributed by atoms with Gasteiger partial charge in [-0.15, -0.1) is 4.99 Å². The molecule has 0 N–H and O–H groups in total. The van der Waals surface area contributed by atoms with Crippen LogP contribution < -0.4 is 0 Å². The quantitative estimate of drug-likeness (QED) is 0.559. The van der Waals surface area contributed by atoms with E-state index in [1.54, 1.807) is 13.8 Å². The highest BCUT2D eigenvalue weighted by atomic mass is 19.4. The second-order valence-electron chi connectivity index (χ2n) is 3.11. The number of ether oxygens (including phenoxy) is 2. The molecule has 0 aliphatic carbocycles. The first-order valence-electron chi connectivity index (χ1n) is 5.33. The molecule has 0 saturated heterocycles. The van der Waals surface area contributed by atoms with Crippen molar-refractivity contribution in [3.63, 3.8) is 0 Å². The minimum atomic E-state index is -4.21. The summed E-state index contributed by atoms with van der Waals surface area (Å²) in [6.45, 7) is 3.66. The molecule has 0 saturated carbocycles. The minimum Gasteiger partial charge on any atom is -0.481 e. The van der Waals surface area contributed by atoms with Crippen molar-refractivity contribution in [3.05, 3.63) is 0 Å². The molecule has 7 heteroatoms. The Morgan fingerprint density at radius 2 is 1.76 bits per heavy atom. The second-order valence-corrected chi connectivity index (χ2v) is 3.11. The van der Waals surface area contributed by atoms with E-state index < -0.39 is 18.7 Å². The molecule has 17 heavy (non-hydrogen) atoms. The molecule has 0 aliphatic heterocycles. The fourth-order valence-corrected chi connectivity index (χ4v) is 1.02. The molecule has 0 heterocycles. The van der Waals surface area contributed by atoms with Crippen LogP contribution in [0.4, 0.5) is 18.0 Å². The summed E-state index contributed by atoms with van der Waals surface area (Å²) in [6, 6.07) is 0. The van der Waals surface area contributed by atoms with Crippen LogP contribution >= 0.6 is 0 Å². The normalized spacial score (nSPS) is 12.4. The van der Waals surface area contributed by atoms with Gasteiger partial charge in [-0.3, -0.25) is 0 Å². The summed E-state index contributed by atoms with van der Waals surface area (Å²) in [5, 5.41) is 0. The standard InChI is InChI=1S/C10H16F3NO3/c1-3-16-8(14-9(15)17-4-2)6-5-7-10(11,12)13/h3-7H2,1-2H3. The summed E-state index contributed by atoms with van der Waals surface area (Å²) in [6.07, 6.45) is -6.18. The Hall–Kier alpha value is -1.27. The zero-order valence-corrected chi connectivity index (χ0v) is 9.84. The molecule has 0 atom stereocenters. The number of rotatable bonds is 5. The smallest absolute Gasteiger partial charge is 0.436 e. The van der Waals surface area contributed by atoms with Crippen molar-refractivity contribution in [1.29, 1.82) is 0 Å². The predicted octanol–water partition coefficient (Wildman–Crippen LogP) is 3.31. The first-order valence-corrected chi connectivity index (χ1v) is 5.33. The van der Waals surface area contributed by atoms with Gasteiger partial charge in [0.2, 0.25) is 0 Å². The van der Waals surface area contributed by atoms with Crippen molar-refractivity contribution in [1.82, 2.24) is 0 Å². The number of nitrogens with zero attached hydrogens (tertiary/aromatic N) is 1. The van der Waals surface area contributed by atoms with E-state index in [2.05, 4.69) is 9.73 Å². The molecular formula is C10H16F3NO3. The van der Waals surface area contributed by atoms with Crippen LogP contribution in [0.25, 0.3) is 0 Å². The number of amides is 1. The highest BCUT2D eigenvalue weighted by Crippen LogP contribution is 2.22. The number of carbonyl (C=O) groups is 1. The molecule has 0 unspecified atom stereocenters. The van der Waals surface area contributed by atoms with Gasteiger partial charge in [0.25, 0.3) is 0 Å². The number of hydrogen-bond donors (Lipinski definition) is 0. The molecule has 1 amide bonds. The third kappa shape index (κ3) is 9.65. The van der Waals surface area contributed by atoms with E-state index in [4.69, 9.17) is 4.74 Å². The Labute approximate surface area is 97.8 Å². The van der Waals surface area contributed by atoms with Gasteiger partial charge in [-0.25, -0.2) is 4.79 Å². The van der Waals surface area contributed by atoms with Crippen LogP contribution in [0.5, 0.6) is 0 Å².